The van der Waals surface area contributed by atoms with Gasteiger partial charge in [-0.25, -0.2) is 4.79 Å². The Hall–Kier alpha value is -2.30. The van der Waals surface area contributed by atoms with Crippen LogP contribution >= 0.6 is 0 Å². The number of hydrogen-bond acceptors (Lipinski definition) is 4. The van der Waals surface area contributed by atoms with Crippen molar-refractivity contribution in [3.63, 3.8) is 0 Å². The Balaban J connectivity index is 2.00. The minimum Gasteiger partial charge on any atom is -0.450 e. The Morgan fingerprint density at radius 2 is 1.91 bits per heavy atom. The zero-order valence-electron chi connectivity index (χ0n) is 13.3. The predicted molar refractivity (Wildman–Crippen MR) is 83.7 cm³/mol. The third-order valence-electron chi connectivity index (χ3n) is 3.75. The first-order chi connectivity index (χ1) is 10.4. The van der Waals surface area contributed by atoms with Crippen LogP contribution in [0.2, 0.25) is 0 Å². The number of nitrogens with one attached hydrogen (secondary N) is 1. The molecule has 118 valence electrons. The van der Waals surface area contributed by atoms with Crippen LogP contribution in [0.15, 0.2) is 28.7 Å². The summed E-state index contributed by atoms with van der Waals surface area (Å²) in [4.78, 5) is 23.8. The van der Waals surface area contributed by atoms with Crippen LogP contribution in [-0.2, 0) is 9.53 Å². The molecule has 0 aliphatic heterocycles. The second-order valence-electron chi connectivity index (χ2n) is 5.73. The fourth-order valence-corrected chi connectivity index (χ4v) is 2.03. The number of esters is 1. The molecule has 2 aromatic rings. The second kappa shape index (κ2) is 6.64. The molecule has 1 N–H and O–H groups in total. The molecule has 0 aliphatic rings. The fraction of sp³-hybridized carbons (Fsp3) is 0.412. The fourth-order valence-electron chi connectivity index (χ4n) is 2.03. The summed E-state index contributed by atoms with van der Waals surface area (Å²) in [6.07, 6.45) is 0. The van der Waals surface area contributed by atoms with Gasteiger partial charge in [0, 0.05) is 17.0 Å². The van der Waals surface area contributed by atoms with Gasteiger partial charge in [0.1, 0.15) is 5.58 Å². The number of ether oxygens (including phenoxy) is 1. The van der Waals surface area contributed by atoms with Gasteiger partial charge in [0.15, 0.2) is 6.61 Å². The number of hydrogen-bond donors (Lipinski definition) is 1. The molecule has 22 heavy (non-hydrogen) atoms. The molecule has 0 saturated heterocycles. The first-order valence-corrected chi connectivity index (χ1v) is 7.34. The van der Waals surface area contributed by atoms with E-state index >= 15 is 0 Å². The maximum Gasteiger partial charge on any atom is 0.375 e. The Labute approximate surface area is 129 Å². The van der Waals surface area contributed by atoms with Crippen LogP contribution < -0.4 is 5.32 Å². The molecule has 0 radical (unpaired) electrons. The molecule has 1 aromatic carbocycles. The van der Waals surface area contributed by atoms with Crippen molar-refractivity contribution in [1.82, 2.24) is 5.32 Å². The van der Waals surface area contributed by atoms with Gasteiger partial charge in [-0.2, -0.15) is 0 Å². The van der Waals surface area contributed by atoms with Crippen molar-refractivity contribution in [2.75, 3.05) is 6.61 Å². The molecule has 1 aromatic heterocycles. The highest BCUT2D eigenvalue weighted by Crippen LogP contribution is 2.25. The molecular formula is C17H21NO4. The Morgan fingerprint density at radius 1 is 1.23 bits per heavy atom. The van der Waals surface area contributed by atoms with Crippen LogP contribution in [0.3, 0.4) is 0 Å². The van der Waals surface area contributed by atoms with Crippen molar-refractivity contribution in [2.45, 2.75) is 33.7 Å². The number of rotatable bonds is 5. The van der Waals surface area contributed by atoms with E-state index in [-0.39, 0.29) is 24.3 Å². The van der Waals surface area contributed by atoms with Crippen molar-refractivity contribution in [3.8, 4) is 0 Å². The van der Waals surface area contributed by atoms with E-state index in [9.17, 15) is 9.59 Å². The van der Waals surface area contributed by atoms with Gasteiger partial charge in [0.2, 0.25) is 5.76 Å². The molecular weight excluding hydrogens is 282 g/mol. The number of benzene rings is 1. The first kappa shape index (κ1) is 16.1. The average molecular weight is 303 g/mol. The van der Waals surface area contributed by atoms with Gasteiger partial charge in [0.25, 0.3) is 5.91 Å². The molecule has 1 atom stereocenters. The number of carbonyl (C=O) groups is 2. The number of aryl methyl sites for hydroxylation is 1. The summed E-state index contributed by atoms with van der Waals surface area (Å²) in [5, 5.41) is 3.65. The molecule has 0 fully saturated rings. The summed E-state index contributed by atoms with van der Waals surface area (Å²) in [6.45, 7) is 7.41. The molecule has 0 bridgehead atoms. The topological polar surface area (TPSA) is 68.5 Å². The van der Waals surface area contributed by atoms with Gasteiger partial charge in [-0.15, -0.1) is 0 Å². The highest BCUT2D eigenvalue weighted by atomic mass is 16.5. The smallest absolute Gasteiger partial charge is 0.375 e. The van der Waals surface area contributed by atoms with Gasteiger partial charge in [-0.05, 0) is 25.8 Å². The highest BCUT2D eigenvalue weighted by Gasteiger charge is 2.20. The monoisotopic (exact) mass is 303 g/mol. The zero-order valence-corrected chi connectivity index (χ0v) is 13.3. The number of para-hydroxylation sites is 1. The molecule has 0 spiro atoms. The van der Waals surface area contributed by atoms with E-state index in [4.69, 9.17) is 9.15 Å². The summed E-state index contributed by atoms with van der Waals surface area (Å²) >= 11 is 0. The van der Waals surface area contributed by atoms with E-state index < -0.39 is 5.97 Å². The minimum absolute atomic E-state index is 0.0270. The van der Waals surface area contributed by atoms with E-state index in [0.717, 1.165) is 10.9 Å². The lowest BCUT2D eigenvalue weighted by molar-refractivity contribution is -0.125. The van der Waals surface area contributed by atoms with Crippen molar-refractivity contribution < 1.29 is 18.7 Å². The normalized spacial score (nSPS) is 12.4. The quantitative estimate of drug-likeness (QED) is 0.862. The number of amides is 1. The SMILES string of the molecule is Cc1c(C(=O)OCC(=O)N[C@H](C)C(C)C)oc2ccccc12. The maximum atomic E-state index is 12.1. The average Bonchev–Trinajstić information content (AvgIpc) is 2.82. The standard InChI is InChI=1S/C17H21NO4/c1-10(2)12(4)18-15(19)9-21-17(20)16-11(3)13-7-5-6-8-14(13)22-16/h5-8,10,12H,9H2,1-4H3,(H,18,19)/t12-/m1/s1. The van der Waals surface area contributed by atoms with Gasteiger partial charge < -0.3 is 14.5 Å². The minimum atomic E-state index is -0.624. The lowest BCUT2D eigenvalue weighted by Gasteiger charge is -2.17. The van der Waals surface area contributed by atoms with E-state index in [2.05, 4.69) is 5.32 Å². The molecule has 0 unspecified atom stereocenters. The van der Waals surface area contributed by atoms with Crippen LogP contribution in [0.5, 0.6) is 0 Å². The summed E-state index contributed by atoms with van der Waals surface area (Å²) in [5.74, 6) is -0.479. The summed E-state index contributed by atoms with van der Waals surface area (Å²) in [6, 6.07) is 7.40. The van der Waals surface area contributed by atoms with Crippen molar-refractivity contribution in [1.29, 1.82) is 0 Å². The van der Waals surface area contributed by atoms with E-state index in [1.165, 1.54) is 0 Å². The lowest BCUT2D eigenvalue weighted by Crippen LogP contribution is -2.38. The molecule has 1 heterocycles. The second-order valence-corrected chi connectivity index (χ2v) is 5.73. The van der Waals surface area contributed by atoms with Gasteiger partial charge >= 0.3 is 5.97 Å². The zero-order chi connectivity index (χ0) is 16.3. The van der Waals surface area contributed by atoms with Crippen LogP contribution in [0, 0.1) is 12.8 Å². The van der Waals surface area contributed by atoms with Crippen molar-refractivity contribution in [2.24, 2.45) is 5.92 Å². The Kier molecular flexibility index (Phi) is 4.85. The molecule has 0 saturated carbocycles. The van der Waals surface area contributed by atoms with Crippen LogP contribution in [0.25, 0.3) is 11.0 Å². The van der Waals surface area contributed by atoms with Gasteiger partial charge in [-0.3, -0.25) is 4.79 Å². The van der Waals surface area contributed by atoms with Crippen LogP contribution in [0.4, 0.5) is 0 Å². The summed E-state index contributed by atoms with van der Waals surface area (Å²) < 4.78 is 10.5. The molecule has 5 heteroatoms. The van der Waals surface area contributed by atoms with Gasteiger partial charge in [-0.1, -0.05) is 32.0 Å². The molecule has 0 aliphatic carbocycles. The van der Waals surface area contributed by atoms with Crippen molar-refractivity contribution >= 4 is 22.8 Å². The number of fused-ring (bicyclic) bond motifs is 1. The maximum absolute atomic E-state index is 12.1. The van der Waals surface area contributed by atoms with Crippen LogP contribution in [0.1, 0.15) is 36.9 Å². The summed E-state index contributed by atoms with van der Waals surface area (Å²) in [5.41, 5.74) is 1.35. The van der Waals surface area contributed by atoms with E-state index in [0.29, 0.717) is 11.5 Å². The number of furan rings is 1. The molecule has 5 nitrogen and oxygen atoms in total. The highest BCUT2D eigenvalue weighted by molar-refractivity contribution is 5.96. The summed E-state index contributed by atoms with van der Waals surface area (Å²) in [7, 11) is 0. The lowest BCUT2D eigenvalue weighted by atomic mass is 10.1. The predicted octanol–water partition coefficient (Wildman–Crippen LogP) is 3.06. The first-order valence-electron chi connectivity index (χ1n) is 7.34. The third-order valence-corrected chi connectivity index (χ3v) is 3.75. The van der Waals surface area contributed by atoms with Crippen LogP contribution in [-0.4, -0.2) is 24.5 Å². The van der Waals surface area contributed by atoms with Gasteiger partial charge in [0.05, 0.1) is 0 Å². The van der Waals surface area contributed by atoms with E-state index in [1.807, 2.05) is 39.0 Å². The molecule has 1 amide bonds. The largest absolute Gasteiger partial charge is 0.450 e. The van der Waals surface area contributed by atoms with Crippen molar-refractivity contribution in [3.05, 3.63) is 35.6 Å². The number of carbonyl (C=O) groups excluding carboxylic acids is 2. The molecule has 2 rings (SSSR count). The Morgan fingerprint density at radius 3 is 2.55 bits per heavy atom. The third kappa shape index (κ3) is 3.47. The van der Waals surface area contributed by atoms with E-state index in [1.54, 1.807) is 13.0 Å². The Bertz CT molecular complexity index is 687.